The normalized spacial score (nSPS) is 10.7. The van der Waals surface area contributed by atoms with Crippen molar-refractivity contribution in [3.63, 3.8) is 0 Å². The van der Waals surface area contributed by atoms with E-state index in [1.54, 1.807) is 42.6 Å². The van der Waals surface area contributed by atoms with Crippen molar-refractivity contribution in [2.24, 2.45) is 0 Å². The predicted octanol–water partition coefficient (Wildman–Crippen LogP) is 4.84. The second-order valence-corrected chi connectivity index (χ2v) is 6.96. The Morgan fingerprint density at radius 2 is 1.90 bits per heavy atom. The Balaban J connectivity index is 1.72. The van der Waals surface area contributed by atoms with Gasteiger partial charge in [0.2, 0.25) is 0 Å². The Morgan fingerprint density at radius 1 is 1.10 bits per heavy atom. The first kappa shape index (κ1) is 19.5. The minimum atomic E-state index is -0.452. The second kappa shape index (κ2) is 8.29. The van der Waals surface area contributed by atoms with Crippen LogP contribution < -0.4 is 5.32 Å². The van der Waals surface area contributed by atoms with E-state index in [0.29, 0.717) is 28.0 Å². The number of nitrogens with one attached hydrogen (secondary N) is 1. The fraction of sp³-hybridized carbons (Fsp3) is 0.0500. The number of non-ortho nitro benzene ring substituents is 1. The average molecular weight is 422 g/mol. The van der Waals surface area contributed by atoms with E-state index in [0.717, 1.165) is 5.69 Å². The molecule has 4 aromatic rings. The Labute approximate surface area is 175 Å². The van der Waals surface area contributed by atoms with Crippen LogP contribution in [-0.4, -0.2) is 30.9 Å². The van der Waals surface area contributed by atoms with E-state index in [-0.39, 0.29) is 11.5 Å². The van der Waals surface area contributed by atoms with Crippen molar-refractivity contribution in [2.75, 3.05) is 11.6 Å². The molecule has 10 heteroatoms. The molecule has 30 heavy (non-hydrogen) atoms. The van der Waals surface area contributed by atoms with Crippen LogP contribution >= 0.6 is 11.8 Å². The zero-order chi connectivity index (χ0) is 21.1. The first-order valence-corrected chi connectivity index (χ1v) is 10.0. The van der Waals surface area contributed by atoms with E-state index in [2.05, 4.69) is 20.5 Å². The quantitative estimate of drug-likeness (QED) is 0.270. The van der Waals surface area contributed by atoms with Crippen molar-refractivity contribution in [1.82, 2.24) is 19.7 Å². The van der Waals surface area contributed by atoms with Crippen LogP contribution in [0.5, 0.6) is 0 Å². The summed E-state index contributed by atoms with van der Waals surface area (Å²) in [7, 11) is 0. The van der Waals surface area contributed by atoms with E-state index in [4.69, 9.17) is 0 Å². The van der Waals surface area contributed by atoms with E-state index < -0.39 is 4.92 Å². The fourth-order valence-corrected chi connectivity index (χ4v) is 3.39. The molecule has 1 N–H and O–H groups in total. The standard InChI is InChI=1S/C20H15FN6O2S/c1-30-20-25-24-19(13-5-7-14(21)8-6-13)26(20)16-9-10-22-18(12-16)23-15-3-2-4-17(11-15)27(28)29/h2-12H,1H3,(H,22,23). The summed E-state index contributed by atoms with van der Waals surface area (Å²) in [6.45, 7) is 0. The van der Waals surface area contributed by atoms with Crippen molar-refractivity contribution < 1.29 is 9.31 Å². The number of halogens is 1. The molecule has 0 atom stereocenters. The molecular formula is C20H15FN6O2S. The maximum absolute atomic E-state index is 13.3. The maximum Gasteiger partial charge on any atom is 0.271 e. The van der Waals surface area contributed by atoms with Gasteiger partial charge in [-0.15, -0.1) is 10.2 Å². The van der Waals surface area contributed by atoms with Crippen molar-refractivity contribution in [3.8, 4) is 17.1 Å². The molecule has 0 amide bonds. The summed E-state index contributed by atoms with van der Waals surface area (Å²) in [6.07, 6.45) is 3.51. The Bertz CT molecular complexity index is 1210. The number of nitrogens with zero attached hydrogens (tertiary/aromatic N) is 5. The number of anilines is 2. The van der Waals surface area contributed by atoms with Crippen LogP contribution in [0.25, 0.3) is 17.1 Å². The van der Waals surface area contributed by atoms with Gasteiger partial charge in [0.15, 0.2) is 11.0 Å². The third-order valence-electron chi connectivity index (χ3n) is 4.25. The van der Waals surface area contributed by atoms with Gasteiger partial charge >= 0.3 is 0 Å². The molecule has 0 saturated heterocycles. The van der Waals surface area contributed by atoms with Crippen LogP contribution in [0.15, 0.2) is 72.0 Å². The van der Waals surface area contributed by atoms with E-state index >= 15 is 0 Å². The summed E-state index contributed by atoms with van der Waals surface area (Å²) in [6, 6.07) is 15.8. The van der Waals surface area contributed by atoms with Crippen LogP contribution in [0.2, 0.25) is 0 Å². The Morgan fingerprint density at radius 3 is 2.63 bits per heavy atom. The number of hydrogen-bond acceptors (Lipinski definition) is 7. The van der Waals surface area contributed by atoms with Crippen LogP contribution in [0.1, 0.15) is 0 Å². The second-order valence-electron chi connectivity index (χ2n) is 6.18. The number of nitro benzene ring substituents is 1. The first-order valence-electron chi connectivity index (χ1n) is 8.78. The highest BCUT2D eigenvalue weighted by atomic mass is 32.2. The van der Waals surface area contributed by atoms with Crippen LogP contribution in [-0.2, 0) is 0 Å². The van der Waals surface area contributed by atoms with Crippen molar-refractivity contribution in [3.05, 3.63) is 82.8 Å². The molecule has 8 nitrogen and oxygen atoms in total. The molecule has 0 unspecified atom stereocenters. The van der Waals surface area contributed by atoms with Gasteiger partial charge in [-0.1, -0.05) is 17.8 Å². The van der Waals surface area contributed by atoms with Gasteiger partial charge in [-0.2, -0.15) is 0 Å². The smallest absolute Gasteiger partial charge is 0.271 e. The molecular weight excluding hydrogens is 407 g/mol. The molecule has 0 spiro atoms. The summed E-state index contributed by atoms with van der Waals surface area (Å²) in [5, 5.41) is 23.2. The van der Waals surface area contributed by atoms with E-state index in [9.17, 15) is 14.5 Å². The highest BCUT2D eigenvalue weighted by Crippen LogP contribution is 2.28. The van der Waals surface area contributed by atoms with Crippen LogP contribution in [0.4, 0.5) is 21.6 Å². The molecule has 2 aromatic carbocycles. The topological polar surface area (TPSA) is 98.8 Å². The summed E-state index contributed by atoms with van der Waals surface area (Å²) in [5.41, 5.74) is 1.99. The summed E-state index contributed by atoms with van der Waals surface area (Å²) >= 11 is 1.42. The minimum absolute atomic E-state index is 0.0155. The summed E-state index contributed by atoms with van der Waals surface area (Å²) in [5.74, 6) is 0.730. The molecule has 0 bridgehead atoms. The van der Waals surface area contributed by atoms with Crippen molar-refractivity contribution >= 4 is 29.0 Å². The Kier molecular flexibility index (Phi) is 5.40. The third-order valence-corrected chi connectivity index (χ3v) is 4.88. The van der Waals surface area contributed by atoms with E-state index in [1.165, 1.54) is 36.0 Å². The summed E-state index contributed by atoms with van der Waals surface area (Å²) in [4.78, 5) is 14.8. The van der Waals surface area contributed by atoms with Crippen LogP contribution in [0.3, 0.4) is 0 Å². The molecule has 0 fully saturated rings. The highest BCUT2D eigenvalue weighted by molar-refractivity contribution is 7.98. The minimum Gasteiger partial charge on any atom is -0.340 e. The first-order chi connectivity index (χ1) is 14.5. The number of nitro groups is 1. The van der Waals surface area contributed by atoms with Gasteiger partial charge in [0.05, 0.1) is 10.6 Å². The molecule has 0 radical (unpaired) electrons. The lowest BCUT2D eigenvalue weighted by Crippen LogP contribution is -2.02. The number of rotatable bonds is 6. The molecule has 2 heterocycles. The van der Waals surface area contributed by atoms with Gasteiger partial charge < -0.3 is 5.32 Å². The molecule has 4 rings (SSSR count). The number of thioether (sulfide) groups is 1. The molecule has 0 aliphatic rings. The zero-order valence-corrected chi connectivity index (χ0v) is 16.5. The van der Waals surface area contributed by atoms with Gasteiger partial charge in [0.25, 0.3) is 5.69 Å². The highest BCUT2D eigenvalue weighted by Gasteiger charge is 2.16. The molecule has 0 aliphatic heterocycles. The van der Waals surface area contributed by atoms with Gasteiger partial charge in [-0.25, -0.2) is 9.37 Å². The molecule has 0 aliphatic carbocycles. The maximum atomic E-state index is 13.3. The summed E-state index contributed by atoms with van der Waals surface area (Å²) < 4.78 is 15.2. The fourth-order valence-electron chi connectivity index (χ4n) is 2.89. The number of hydrogen-bond donors (Lipinski definition) is 1. The SMILES string of the molecule is CSc1nnc(-c2ccc(F)cc2)n1-c1ccnc(Nc2cccc([N+](=O)[O-])c2)c1. The van der Waals surface area contributed by atoms with Crippen LogP contribution in [0, 0.1) is 15.9 Å². The Hall–Kier alpha value is -3.79. The number of pyridine rings is 1. The van der Waals surface area contributed by atoms with Crippen molar-refractivity contribution in [2.45, 2.75) is 5.16 Å². The monoisotopic (exact) mass is 422 g/mol. The number of aromatic nitrogens is 4. The van der Waals surface area contributed by atoms with Gasteiger partial charge in [0.1, 0.15) is 11.6 Å². The van der Waals surface area contributed by atoms with E-state index in [1.807, 2.05) is 10.8 Å². The molecule has 2 aromatic heterocycles. The largest absolute Gasteiger partial charge is 0.340 e. The number of benzene rings is 2. The molecule has 0 saturated carbocycles. The van der Waals surface area contributed by atoms with Gasteiger partial charge in [-0.05, 0) is 42.7 Å². The lowest BCUT2D eigenvalue weighted by molar-refractivity contribution is -0.384. The van der Waals surface area contributed by atoms with Crippen molar-refractivity contribution in [1.29, 1.82) is 0 Å². The lowest BCUT2D eigenvalue weighted by Gasteiger charge is -2.12. The third kappa shape index (κ3) is 3.98. The average Bonchev–Trinajstić information content (AvgIpc) is 3.19. The van der Waals surface area contributed by atoms with Gasteiger partial charge in [0, 0.05) is 35.6 Å². The zero-order valence-electron chi connectivity index (χ0n) is 15.7. The molecule has 150 valence electrons. The predicted molar refractivity (Wildman–Crippen MR) is 113 cm³/mol. The van der Waals surface area contributed by atoms with Gasteiger partial charge in [-0.3, -0.25) is 14.7 Å². The lowest BCUT2D eigenvalue weighted by atomic mass is 10.2.